The van der Waals surface area contributed by atoms with E-state index < -0.39 is 0 Å². The molecule has 0 aliphatic carbocycles. The molecule has 0 aliphatic rings. The Bertz CT molecular complexity index is 1230. The van der Waals surface area contributed by atoms with Gasteiger partial charge in [0.2, 0.25) is 0 Å². The number of fused-ring (bicyclic) bond motifs is 3. The van der Waals surface area contributed by atoms with E-state index >= 15 is 0 Å². The second-order valence-electron chi connectivity index (χ2n) is 6.37. The molecule has 0 saturated carbocycles. The lowest BCUT2D eigenvalue weighted by Crippen LogP contribution is -1.84. The van der Waals surface area contributed by atoms with Crippen molar-refractivity contribution >= 4 is 40.0 Å². The highest BCUT2D eigenvalue weighted by Gasteiger charge is 2.08. The zero-order chi connectivity index (χ0) is 18.6. The summed E-state index contributed by atoms with van der Waals surface area (Å²) in [5.41, 5.74) is 2.60. The molecule has 0 aromatic heterocycles. The third-order valence-electron chi connectivity index (χ3n) is 4.83. The normalized spacial score (nSPS) is 10.6. The molecule has 129 valence electrons. The van der Waals surface area contributed by atoms with Gasteiger partial charge in [0.25, 0.3) is 0 Å². The maximum Gasteiger partial charge on any atom is 0.482 e. The highest BCUT2D eigenvalue weighted by atomic mass is 16.4. The summed E-state index contributed by atoms with van der Waals surface area (Å²) < 4.78 is 0. The molecule has 5 aromatic carbocycles. The van der Waals surface area contributed by atoms with E-state index in [2.05, 4.69) is 97.1 Å². The minimum atomic E-state index is 0. The zero-order valence-corrected chi connectivity index (χ0v) is 14.7. The summed E-state index contributed by atoms with van der Waals surface area (Å²) in [5, 5.41) is 21.8. The molecule has 0 amide bonds. The highest BCUT2D eigenvalue weighted by molar-refractivity contribution is 6.13. The second-order valence-corrected chi connectivity index (χ2v) is 6.37. The molecular formula is C24H18BO2. The van der Waals surface area contributed by atoms with Crippen LogP contribution in [0.2, 0.25) is 0 Å². The summed E-state index contributed by atoms with van der Waals surface area (Å²) in [6, 6.07) is 35.0. The van der Waals surface area contributed by atoms with Crippen LogP contribution in [0, 0.1) is 0 Å². The Morgan fingerprint density at radius 3 is 1.63 bits per heavy atom. The summed E-state index contributed by atoms with van der Waals surface area (Å²) in [6.45, 7) is 0. The van der Waals surface area contributed by atoms with Crippen LogP contribution in [0.25, 0.3) is 43.4 Å². The van der Waals surface area contributed by atoms with Gasteiger partial charge in [0.05, 0.1) is 0 Å². The van der Waals surface area contributed by atoms with Crippen molar-refractivity contribution in [3.63, 3.8) is 0 Å². The van der Waals surface area contributed by atoms with Gasteiger partial charge in [-0.25, -0.2) is 0 Å². The van der Waals surface area contributed by atoms with Crippen LogP contribution < -0.4 is 0 Å². The van der Waals surface area contributed by atoms with Gasteiger partial charge in [-0.15, -0.1) is 0 Å². The van der Waals surface area contributed by atoms with Crippen LogP contribution >= 0.6 is 0 Å². The van der Waals surface area contributed by atoms with Gasteiger partial charge in [-0.05, 0) is 55.6 Å². The molecule has 0 bridgehead atoms. The van der Waals surface area contributed by atoms with Crippen LogP contribution in [0.3, 0.4) is 0 Å². The van der Waals surface area contributed by atoms with Crippen LogP contribution in [0.4, 0.5) is 0 Å². The number of hydrogen-bond donors (Lipinski definition) is 2. The average molecular weight is 349 g/mol. The molecule has 5 rings (SSSR count). The Balaban J connectivity index is 0.000000565. The van der Waals surface area contributed by atoms with Crippen molar-refractivity contribution in [3.05, 3.63) is 97.1 Å². The highest BCUT2D eigenvalue weighted by Crippen LogP contribution is 2.35. The van der Waals surface area contributed by atoms with E-state index in [0.717, 1.165) is 0 Å². The SMILES string of the molecule is O[B]O.c1ccc2cc3c(-c4cccc5ccccc45)cccc3cc2c1. The number of hydrogen-bond acceptors (Lipinski definition) is 2. The van der Waals surface area contributed by atoms with Gasteiger partial charge >= 0.3 is 7.69 Å². The lowest BCUT2D eigenvalue weighted by molar-refractivity contribution is 0.448. The van der Waals surface area contributed by atoms with E-state index in [4.69, 9.17) is 10.0 Å². The fourth-order valence-electron chi connectivity index (χ4n) is 3.66. The summed E-state index contributed by atoms with van der Waals surface area (Å²) in [6.07, 6.45) is 0. The monoisotopic (exact) mass is 349 g/mol. The van der Waals surface area contributed by atoms with Crippen LogP contribution in [-0.4, -0.2) is 17.7 Å². The first-order chi connectivity index (χ1) is 13.3. The van der Waals surface area contributed by atoms with Gasteiger partial charge in [0.15, 0.2) is 0 Å². The average Bonchev–Trinajstić information content (AvgIpc) is 2.72. The predicted molar refractivity (Wildman–Crippen MR) is 115 cm³/mol. The topological polar surface area (TPSA) is 40.5 Å². The van der Waals surface area contributed by atoms with Crippen molar-refractivity contribution in [1.29, 1.82) is 0 Å². The molecule has 1 radical (unpaired) electrons. The summed E-state index contributed by atoms with van der Waals surface area (Å²) in [5.74, 6) is 0. The summed E-state index contributed by atoms with van der Waals surface area (Å²) >= 11 is 0. The molecule has 0 heterocycles. The lowest BCUT2D eigenvalue weighted by atomic mass is 9.92. The van der Waals surface area contributed by atoms with Crippen LogP contribution in [0.1, 0.15) is 0 Å². The van der Waals surface area contributed by atoms with Crippen LogP contribution in [-0.2, 0) is 0 Å². The first-order valence-corrected chi connectivity index (χ1v) is 8.81. The minimum absolute atomic E-state index is 0. The van der Waals surface area contributed by atoms with Crippen molar-refractivity contribution in [2.75, 3.05) is 0 Å². The largest absolute Gasteiger partial charge is 0.482 e. The van der Waals surface area contributed by atoms with Crippen molar-refractivity contribution in [2.24, 2.45) is 0 Å². The van der Waals surface area contributed by atoms with Gasteiger partial charge < -0.3 is 10.0 Å². The van der Waals surface area contributed by atoms with E-state index in [1.165, 1.54) is 43.4 Å². The molecule has 0 saturated heterocycles. The smallest absolute Gasteiger partial charge is 0.429 e. The standard InChI is InChI=1S/C24H16.BH2O2/c1-2-9-19-16-24-20(15-18(19)8-1)11-6-14-23(24)22-13-5-10-17-7-3-4-12-21(17)22;2-1-3/h1-16H;2-3H. The molecular weight excluding hydrogens is 331 g/mol. The Morgan fingerprint density at radius 1 is 0.444 bits per heavy atom. The van der Waals surface area contributed by atoms with Gasteiger partial charge in [-0.3, -0.25) is 0 Å². The van der Waals surface area contributed by atoms with Gasteiger partial charge in [-0.1, -0.05) is 84.9 Å². The molecule has 5 aromatic rings. The van der Waals surface area contributed by atoms with E-state index in [1.54, 1.807) is 0 Å². The van der Waals surface area contributed by atoms with Crippen LogP contribution in [0.5, 0.6) is 0 Å². The van der Waals surface area contributed by atoms with Crippen LogP contribution in [0.15, 0.2) is 97.1 Å². The third kappa shape index (κ3) is 3.31. The zero-order valence-electron chi connectivity index (χ0n) is 14.7. The first-order valence-electron chi connectivity index (χ1n) is 8.81. The molecule has 0 unspecified atom stereocenters. The fraction of sp³-hybridized carbons (Fsp3) is 0. The first kappa shape index (κ1) is 17.3. The quantitative estimate of drug-likeness (QED) is 0.318. The van der Waals surface area contributed by atoms with Crippen molar-refractivity contribution in [2.45, 2.75) is 0 Å². The fourth-order valence-corrected chi connectivity index (χ4v) is 3.66. The van der Waals surface area contributed by atoms with E-state index in [1.807, 2.05) is 0 Å². The molecule has 2 N–H and O–H groups in total. The molecule has 0 atom stereocenters. The summed E-state index contributed by atoms with van der Waals surface area (Å²) in [4.78, 5) is 0. The Morgan fingerprint density at radius 2 is 0.926 bits per heavy atom. The van der Waals surface area contributed by atoms with Gasteiger partial charge in [0.1, 0.15) is 0 Å². The molecule has 0 aliphatic heterocycles. The number of rotatable bonds is 1. The lowest BCUT2D eigenvalue weighted by Gasteiger charge is -2.11. The molecule has 2 nitrogen and oxygen atoms in total. The van der Waals surface area contributed by atoms with Crippen molar-refractivity contribution < 1.29 is 10.0 Å². The molecule has 27 heavy (non-hydrogen) atoms. The Labute approximate surface area is 158 Å². The van der Waals surface area contributed by atoms with Gasteiger partial charge in [0, 0.05) is 0 Å². The Kier molecular flexibility index (Phi) is 4.88. The second kappa shape index (κ2) is 7.62. The Hall–Kier alpha value is -3.14. The van der Waals surface area contributed by atoms with E-state index in [0.29, 0.717) is 0 Å². The number of benzene rings is 5. The maximum atomic E-state index is 7.00. The molecule has 0 spiro atoms. The van der Waals surface area contributed by atoms with E-state index in [9.17, 15) is 0 Å². The third-order valence-corrected chi connectivity index (χ3v) is 4.83. The minimum Gasteiger partial charge on any atom is -0.429 e. The summed E-state index contributed by atoms with van der Waals surface area (Å²) in [7, 11) is 0. The molecule has 3 heteroatoms. The predicted octanol–water partition coefficient (Wildman–Crippen LogP) is 5.32. The van der Waals surface area contributed by atoms with E-state index in [-0.39, 0.29) is 7.69 Å². The maximum absolute atomic E-state index is 7.00. The van der Waals surface area contributed by atoms with Gasteiger partial charge in [-0.2, -0.15) is 0 Å². The van der Waals surface area contributed by atoms with Crippen molar-refractivity contribution in [3.8, 4) is 11.1 Å². The molecule has 0 fully saturated rings. The van der Waals surface area contributed by atoms with Crippen molar-refractivity contribution in [1.82, 2.24) is 0 Å².